The molecule has 0 saturated heterocycles. The molecule has 1 aromatic carbocycles. The van der Waals surface area contributed by atoms with E-state index >= 15 is 0 Å². The summed E-state index contributed by atoms with van der Waals surface area (Å²) in [4.78, 5) is 46.4. The molecule has 2 aromatic rings. The summed E-state index contributed by atoms with van der Waals surface area (Å²) in [5.41, 5.74) is -1.09. The average molecular weight is 317 g/mol. The normalized spacial score (nSPS) is 10.3. The van der Waals surface area contributed by atoms with E-state index in [-0.39, 0.29) is 10.8 Å². The van der Waals surface area contributed by atoms with E-state index in [1.807, 2.05) is 5.32 Å². The van der Waals surface area contributed by atoms with Crippen LogP contribution in [0, 0.1) is 0 Å². The van der Waals surface area contributed by atoms with Gasteiger partial charge in [-0.2, -0.15) is 5.10 Å². The summed E-state index contributed by atoms with van der Waals surface area (Å²) in [5.74, 6) is -2.37. The molecule has 0 aliphatic carbocycles. The van der Waals surface area contributed by atoms with Crippen LogP contribution < -0.4 is 21.3 Å². The van der Waals surface area contributed by atoms with Crippen LogP contribution in [0.2, 0.25) is 0 Å². The molecule has 120 valence electrons. The second-order valence-electron chi connectivity index (χ2n) is 4.55. The number of rotatable bonds is 4. The van der Waals surface area contributed by atoms with E-state index in [4.69, 9.17) is 0 Å². The quantitative estimate of drug-likeness (QED) is 0.713. The van der Waals surface area contributed by atoms with Crippen molar-refractivity contribution >= 4 is 28.7 Å². The number of hydrogen-bond acceptors (Lipinski definition) is 6. The molecule has 9 nitrogen and oxygen atoms in total. The number of amides is 3. The molecule has 0 fully saturated rings. The Morgan fingerprint density at radius 1 is 1.22 bits per heavy atom. The van der Waals surface area contributed by atoms with Gasteiger partial charge in [0, 0.05) is 11.9 Å². The van der Waals surface area contributed by atoms with E-state index in [9.17, 15) is 24.3 Å². The van der Waals surface area contributed by atoms with Crippen LogP contribution in [0.25, 0.3) is 10.8 Å². The topological polar surface area (TPSA) is 133 Å². The highest BCUT2D eigenvalue weighted by atomic mass is 16.4. The van der Waals surface area contributed by atoms with Gasteiger partial charge in [0.1, 0.15) is 12.2 Å². The lowest BCUT2D eigenvalue weighted by molar-refractivity contribution is -0.255. The van der Waals surface area contributed by atoms with Gasteiger partial charge < -0.3 is 15.2 Å². The van der Waals surface area contributed by atoms with Crippen LogP contribution in [0.4, 0.5) is 4.79 Å². The van der Waals surface area contributed by atoms with E-state index in [2.05, 4.69) is 10.4 Å². The number of nitrogens with one attached hydrogen (secondary N) is 2. The fraction of sp³-hybridized carbons (Fsp3) is 0.214. The number of benzene rings is 1. The van der Waals surface area contributed by atoms with E-state index < -0.39 is 35.7 Å². The van der Waals surface area contributed by atoms with Gasteiger partial charge in [0.15, 0.2) is 0 Å². The zero-order chi connectivity index (χ0) is 17.0. The maximum atomic E-state index is 12.3. The standard InChI is InChI=1S/C14H14N4O5/c1-2-15-14(23)16-10(19)7-18-12(20)9-6-4-3-5-8(9)11(17-18)13(21)22/h3-6H,2,7H2,1H3,(H,21,22)(H2,15,16,19,23)/p-1. The van der Waals surface area contributed by atoms with Crippen LogP contribution in [0.5, 0.6) is 0 Å². The second-order valence-corrected chi connectivity index (χ2v) is 4.55. The zero-order valence-electron chi connectivity index (χ0n) is 12.2. The third-order valence-electron chi connectivity index (χ3n) is 2.94. The number of aromatic carboxylic acids is 1. The summed E-state index contributed by atoms with van der Waals surface area (Å²) in [6.07, 6.45) is 0. The summed E-state index contributed by atoms with van der Waals surface area (Å²) in [6.45, 7) is 1.40. The zero-order valence-corrected chi connectivity index (χ0v) is 12.2. The summed E-state index contributed by atoms with van der Waals surface area (Å²) < 4.78 is 0.683. The maximum absolute atomic E-state index is 12.3. The van der Waals surface area contributed by atoms with Gasteiger partial charge in [0.2, 0.25) is 5.91 Å². The largest absolute Gasteiger partial charge is 0.543 e. The molecule has 3 amide bonds. The molecular formula is C14H13N4O5-. The first-order chi connectivity index (χ1) is 10.9. The molecule has 2 rings (SSSR count). The van der Waals surface area contributed by atoms with E-state index in [0.717, 1.165) is 0 Å². The lowest BCUT2D eigenvalue weighted by Crippen LogP contribution is -2.43. The van der Waals surface area contributed by atoms with Crippen molar-refractivity contribution in [3.8, 4) is 0 Å². The number of carboxylic acids is 1. The van der Waals surface area contributed by atoms with Crippen LogP contribution >= 0.6 is 0 Å². The van der Waals surface area contributed by atoms with Gasteiger partial charge in [0.25, 0.3) is 5.56 Å². The van der Waals surface area contributed by atoms with Crippen molar-refractivity contribution in [1.29, 1.82) is 0 Å². The number of hydrogen-bond donors (Lipinski definition) is 2. The predicted octanol–water partition coefficient (Wildman–Crippen LogP) is -1.39. The Labute approximate surface area is 129 Å². The third kappa shape index (κ3) is 3.51. The van der Waals surface area contributed by atoms with Crippen molar-refractivity contribution < 1.29 is 19.5 Å². The Kier molecular flexibility index (Phi) is 4.69. The monoisotopic (exact) mass is 317 g/mol. The fourth-order valence-electron chi connectivity index (χ4n) is 2.00. The molecule has 0 radical (unpaired) electrons. The van der Waals surface area contributed by atoms with Crippen molar-refractivity contribution in [2.75, 3.05) is 6.54 Å². The van der Waals surface area contributed by atoms with Crippen molar-refractivity contribution in [2.45, 2.75) is 13.5 Å². The molecule has 0 saturated carbocycles. The summed E-state index contributed by atoms with van der Waals surface area (Å²) in [7, 11) is 0. The van der Waals surface area contributed by atoms with Crippen LogP contribution in [-0.4, -0.2) is 34.2 Å². The number of nitrogens with zero attached hydrogens (tertiary/aromatic N) is 2. The summed E-state index contributed by atoms with van der Waals surface area (Å²) in [5, 5.41) is 19.4. The molecule has 0 spiro atoms. The van der Waals surface area contributed by atoms with Gasteiger partial charge in [-0.3, -0.25) is 14.9 Å². The molecular weight excluding hydrogens is 304 g/mol. The van der Waals surface area contributed by atoms with Crippen LogP contribution in [0.15, 0.2) is 29.1 Å². The number of carbonyl (C=O) groups excluding carboxylic acids is 3. The highest BCUT2D eigenvalue weighted by Crippen LogP contribution is 2.12. The Hall–Kier alpha value is -3.23. The molecule has 23 heavy (non-hydrogen) atoms. The van der Waals surface area contributed by atoms with Crippen molar-refractivity contribution in [2.24, 2.45) is 0 Å². The predicted molar refractivity (Wildman–Crippen MR) is 77.5 cm³/mol. The first-order valence-corrected chi connectivity index (χ1v) is 6.73. The summed E-state index contributed by atoms with van der Waals surface area (Å²) >= 11 is 0. The van der Waals surface area contributed by atoms with Gasteiger partial charge in [-0.1, -0.05) is 18.2 Å². The number of fused-ring (bicyclic) bond motifs is 1. The van der Waals surface area contributed by atoms with Crippen LogP contribution in [0.3, 0.4) is 0 Å². The van der Waals surface area contributed by atoms with Gasteiger partial charge >= 0.3 is 6.03 Å². The molecule has 2 N–H and O–H groups in total. The smallest absolute Gasteiger partial charge is 0.321 e. The number of urea groups is 1. The van der Waals surface area contributed by atoms with E-state index in [1.54, 1.807) is 19.1 Å². The minimum absolute atomic E-state index is 0.0903. The second kappa shape index (κ2) is 6.69. The minimum Gasteiger partial charge on any atom is -0.543 e. The number of imide groups is 1. The lowest BCUT2D eigenvalue weighted by atomic mass is 10.1. The highest BCUT2D eigenvalue weighted by Gasteiger charge is 2.14. The van der Waals surface area contributed by atoms with Crippen LogP contribution in [0.1, 0.15) is 17.4 Å². The third-order valence-corrected chi connectivity index (χ3v) is 2.94. The van der Waals surface area contributed by atoms with E-state index in [1.165, 1.54) is 12.1 Å². The number of carboxylic acid groups (broad SMARTS) is 1. The van der Waals surface area contributed by atoms with Gasteiger partial charge in [-0.05, 0) is 13.0 Å². The van der Waals surface area contributed by atoms with Crippen LogP contribution in [-0.2, 0) is 11.3 Å². The molecule has 0 aliphatic heterocycles. The van der Waals surface area contributed by atoms with Crippen molar-refractivity contribution in [1.82, 2.24) is 20.4 Å². The van der Waals surface area contributed by atoms with Crippen molar-refractivity contribution in [3.05, 3.63) is 40.3 Å². The van der Waals surface area contributed by atoms with Gasteiger partial charge in [-0.25, -0.2) is 9.48 Å². The molecule has 0 atom stereocenters. The average Bonchev–Trinajstić information content (AvgIpc) is 2.50. The highest BCUT2D eigenvalue weighted by molar-refractivity contribution is 6.00. The Balaban J connectivity index is 2.40. The minimum atomic E-state index is -1.57. The van der Waals surface area contributed by atoms with Gasteiger partial charge in [-0.15, -0.1) is 0 Å². The maximum Gasteiger partial charge on any atom is 0.321 e. The lowest BCUT2D eigenvalue weighted by Gasteiger charge is -2.11. The number of carbonyl (C=O) groups is 3. The molecule has 1 aromatic heterocycles. The Bertz CT molecular complexity index is 843. The SMILES string of the molecule is CCNC(=O)NC(=O)Cn1nc(C(=O)[O-])c2ccccc2c1=O. The first-order valence-electron chi connectivity index (χ1n) is 6.73. The first kappa shape index (κ1) is 16.1. The van der Waals surface area contributed by atoms with E-state index in [0.29, 0.717) is 11.2 Å². The molecule has 0 unspecified atom stereocenters. The fourth-order valence-corrected chi connectivity index (χ4v) is 2.00. The molecule has 0 aliphatic rings. The number of aromatic nitrogens is 2. The Morgan fingerprint density at radius 2 is 1.87 bits per heavy atom. The Morgan fingerprint density at radius 3 is 2.48 bits per heavy atom. The molecule has 9 heteroatoms. The van der Waals surface area contributed by atoms with Gasteiger partial charge in [0.05, 0.1) is 11.4 Å². The summed E-state index contributed by atoms with van der Waals surface area (Å²) in [6, 6.07) is 5.24. The molecule has 0 bridgehead atoms. The molecule has 1 heterocycles. The van der Waals surface area contributed by atoms with Crippen molar-refractivity contribution in [3.63, 3.8) is 0 Å².